The second-order valence-corrected chi connectivity index (χ2v) is 6.10. The molecular formula is C19H27N5O2. The predicted molar refractivity (Wildman–Crippen MR) is 104 cm³/mol. The van der Waals surface area contributed by atoms with Gasteiger partial charge in [0, 0.05) is 38.8 Å². The van der Waals surface area contributed by atoms with E-state index in [4.69, 9.17) is 4.74 Å². The van der Waals surface area contributed by atoms with Crippen LogP contribution in [0.2, 0.25) is 0 Å². The van der Waals surface area contributed by atoms with Gasteiger partial charge >= 0.3 is 0 Å². The molecule has 140 valence electrons. The van der Waals surface area contributed by atoms with Crippen LogP contribution in [0.25, 0.3) is 0 Å². The van der Waals surface area contributed by atoms with E-state index in [0.717, 1.165) is 24.3 Å². The van der Waals surface area contributed by atoms with Gasteiger partial charge in [-0.1, -0.05) is 13.3 Å². The molecule has 1 aromatic carbocycles. The van der Waals surface area contributed by atoms with Crippen molar-refractivity contribution in [3.63, 3.8) is 0 Å². The monoisotopic (exact) mass is 357 g/mol. The molecule has 0 unspecified atom stereocenters. The Morgan fingerprint density at radius 2 is 1.96 bits per heavy atom. The van der Waals surface area contributed by atoms with E-state index in [1.54, 1.807) is 18.3 Å². The average Bonchev–Trinajstić information content (AvgIpc) is 2.66. The fourth-order valence-corrected chi connectivity index (χ4v) is 2.19. The third kappa shape index (κ3) is 6.23. The molecular weight excluding hydrogens is 330 g/mol. The molecule has 0 radical (unpaired) electrons. The van der Waals surface area contributed by atoms with Crippen molar-refractivity contribution in [1.29, 1.82) is 0 Å². The number of carbonyl (C=O) groups excluding carboxylic acids is 1. The number of rotatable bonds is 10. The molecule has 7 nitrogen and oxygen atoms in total. The summed E-state index contributed by atoms with van der Waals surface area (Å²) in [5.74, 6) is 1.36. The van der Waals surface area contributed by atoms with Gasteiger partial charge in [0.1, 0.15) is 5.75 Å². The normalized spacial score (nSPS) is 10.3. The number of aromatic nitrogens is 2. The zero-order chi connectivity index (χ0) is 18.8. The van der Waals surface area contributed by atoms with Crippen LogP contribution in [-0.2, 0) is 0 Å². The summed E-state index contributed by atoms with van der Waals surface area (Å²) in [6, 6.07) is 9.11. The molecule has 1 heterocycles. The van der Waals surface area contributed by atoms with Crippen LogP contribution >= 0.6 is 0 Å². The first-order chi connectivity index (χ1) is 12.6. The van der Waals surface area contributed by atoms with Crippen molar-refractivity contribution >= 4 is 17.4 Å². The molecule has 2 aromatic rings. The second-order valence-electron chi connectivity index (χ2n) is 6.10. The summed E-state index contributed by atoms with van der Waals surface area (Å²) in [4.78, 5) is 14.1. The van der Waals surface area contributed by atoms with Gasteiger partial charge in [-0.3, -0.25) is 4.79 Å². The van der Waals surface area contributed by atoms with E-state index < -0.39 is 0 Å². The van der Waals surface area contributed by atoms with E-state index in [0.29, 0.717) is 31.1 Å². The molecule has 0 fully saturated rings. The summed E-state index contributed by atoms with van der Waals surface area (Å²) in [6.07, 6.45) is 3.82. The van der Waals surface area contributed by atoms with Crippen LogP contribution in [0.3, 0.4) is 0 Å². The van der Waals surface area contributed by atoms with E-state index in [1.807, 2.05) is 37.2 Å². The second kappa shape index (κ2) is 10.2. The maximum absolute atomic E-state index is 12.2. The van der Waals surface area contributed by atoms with Crippen molar-refractivity contribution in [2.75, 3.05) is 44.0 Å². The molecule has 2 rings (SSSR count). The Kier molecular flexibility index (Phi) is 7.67. The van der Waals surface area contributed by atoms with Gasteiger partial charge in [0.05, 0.1) is 18.5 Å². The molecule has 0 saturated heterocycles. The van der Waals surface area contributed by atoms with Gasteiger partial charge in [0.25, 0.3) is 5.91 Å². The van der Waals surface area contributed by atoms with Gasteiger partial charge in [-0.25, -0.2) is 0 Å². The van der Waals surface area contributed by atoms with Gasteiger partial charge in [0.2, 0.25) is 0 Å². The Balaban J connectivity index is 1.74. The molecule has 26 heavy (non-hydrogen) atoms. The zero-order valence-electron chi connectivity index (χ0n) is 15.7. The summed E-state index contributed by atoms with van der Waals surface area (Å²) in [5.41, 5.74) is 1.58. The lowest BCUT2D eigenvalue weighted by Gasteiger charge is -2.13. The molecule has 0 atom stereocenters. The standard InChI is InChI=1S/C19H27N5O2/c1-4-5-12-26-17-8-6-15(7-9-17)19(25)21-11-10-20-18-13-16(24(2)3)14-22-23-18/h6-9,13-14H,4-5,10-12H2,1-3H3,(H,20,23)(H,21,25). The van der Waals surface area contributed by atoms with Crippen molar-refractivity contribution in [2.45, 2.75) is 19.8 Å². The number of amides is 1. The first kappa shape index (κ1) is 19.5. The van der Waals surface area contributed by atoms with Gasteiger partial charge in [0.15, 0.2) is 5.82 Å². The highest BCUT2D eigenvalue weighted by molar-refractivity contribution is 5.94. The van der Waals surface area contributed by atoms with Crippen LogP contribution in [0.5, 0.6) is 5.75 Å². The first-order valence-electron chi connectivity index (χ1n) is 8.85. The maximum Gasteiger partial charge on any atom is 0.251 e. The predicted octanol–water partition coefficient (Wildman–Crippen LogP) is 2.56. The third-order valence-electron chi connectivity index (χ3n) is 3.76. The number of ether oxygens (including phenoxy) is 1. The van der Waals surface area contributed by atoms with Gasteiger partial charge < -0.3 is 20.3 Å². The minimum Gasteiger partial charge on any atom is -0.494 e. The van der Waals surface area contributed by atoms with E-state index in [-0.39, 0.29) is 5.91 Å². The van der Waals surface area contributed by atoms with E-state index in [2.05, 4.69) is 27.8 Å². The summed E-state index contributed by atoms with van der Waals surface area (Å²) in [6.45, 7) is 3.87. The molecule has 2 N–H and O–H groups in total. The quantitative estimate of drug-likeness (QED) is 0.636. The molecule has 1 aromatic heterocycles. The Morgan fingerprint density at radius 1 is 1.19 bits per heavy atom. The number of anilines is 2. The minimum atomic E-state index is -0.111. The number of carbonyl (C=O) groups is 1. The fourth-order valence-electron chi connectivity index (χ4n) is 2.19. The third-order valence-corrected chi connectivity index (χ3v) is 3.76. The van der Waals surface area contributed by atoms with E-state index in [9.17, 15) is 4.79 Å². The summed E-state index contributed by atoms with van der Waals surface area (Å²) < 4.78 is 5.60. The maximum atomic E-state index is 12.2. The van der Waals surface area contributed by atoms with Crippen LogP contribution in [0.4, 0.5) is 11.5 Å². The Bertz CT molecular complexity index is 689. The Labute approximate surface area is 154 Å². The number of nitrogens with zero attached hydrogens (tertiary/aromatic N) is 3. The average molecular weight is 357 g/mol. The minimum absolute atomic E-state index is 0.111. The highest BCUT2D eigenvalue weighted by atomic mass is 16.5. The number of unbranched alkanes of at least 4 members (excludes halogenated alkanes) is 1. The van der Waals surface area contributed by atoms with Gasteiger partial charge in [-0.05, 0) is 30.7 Å². The van der Waals surface area contributed by atoms with Crippen LogP contribution in [0, 0.1) is 0 Å². The highest BCUT2D eigenvalue weighted by Crippen LogP contribution is 2.13. The lowest BCUT2D eigenvalue weighted by molar-refractivity contribution is 0.0955. The number of hydrogen-bond donors (Lipinski definition) is 2. The SMILES string of the molecule is CCCCOc1ccc(C(=O)NCCNc2cc(N(C)C)cnn2)cc1. The molecule has 7 heteroatoms. The fraction of sp³-hybridized carbons (Fsp3) is 0.421. The van der Waals surface area contributed by atoms with E-state index >= 15 is 0 Å². The van der Waals surface area contributed by atoms with Crippen molar-refractivity contribution in [1.82, 2.24) is 15.5 Å². The summed E-state index contributed by atoms with van der Waals surface area (Å²) >= 11 is 0. The number of hydrogen-bond acceptors (Lipinski definition) is 6. The molecule has 0 aliphatic heterocycles. The van der Waals surface area contributed by atoms with Crippen LogP contribution in [0.1, 0.15) is 30.1 Å². The van der Waals surface area contributed by atoms with E-state index in [1.165, 1.54) is 0 Å². The number of benzene rings is 1. The van der Waals surface area contributed by atoms with Crippen molar-refractivity contribution in [3.05, 3.63) is 42.1 Å². The molecule has 0 spiro atoms. The molecule has 0 saturated carbocycles. The molecule has 0 aliphatic rings. The smallest absolute Gasteiger partial charge is 0.251 e. The van der Waals surface area contributed by atoms with Crippen molar-refractivity contribution in [3.8, 4) is 5.75 Å². The molecule has 0 bridgehead atoms. The van der Waals surface area contributed by atoms with Crippen LogP contribution in [-0.4, -0.2) is 49.9 Å². The topological polar surface area (TPSA) is 79.4 Å². The van der Waals surface area contributed by atoms with Gasteiger partial charge in [-0.15, -0.1) is 5.10 Å². The summed E-state index contributed by atoms with van der Waals surface area (Å²) in [5, 5.41) is 14.0. The van der Waals surface area contributed by atoms with Crippen molar-refractivity contribution < 1.29 is 9.53 Å². The molecule has 0 aliphatic carbocycles. The lowest BCUT2D eigenvalue weighted by Crippen LogP contribution is -2.28. The first-order valence-corrected chi connectivity index (χ1v) is 8.85. The summed E-state index contributed by atoms with van der Waals surface area (Å²) in [7, 11) is 3.89. The highest BCUT2D eigenvalue weighted by Gasteiger charge is 2.05. The van der Waals surface area contributed by atoms with Gasteiger partial charge in [-0.2, -0.15) is 5.10 Å². The molecule has 1 amide bonds. The van der Waals surface area contributed by atoms with Crippen LogP contribution in [0.15, 0.2) is 36.5 Å². The number of nitrogens with one attached hydrogen (secondary N) is 2. The Hall–Kier alpha value is -2.83. The Morgan fingerprint density at radius 3 is 2.65 bits per heavy atom. The van der Waals surface area contributed by atoms with Crippen molar-refractivity contribution in [2.24, 2.45) is 0 Å². The zero-order valence-corrected chi connectivity index (χ0v) is 15.7. The lowest BCUT2D eigenvalue weighted by atomic mass is 10.2. The van der Waals surface area contributed by atoms with Crippen LogP contribution < -0.4 is 20.3 Å². The largest absolute Gasteiger partial charge is 0.494 e.